The molecule has 3 aromatic carbocycles. The van der Waals surface area contributed by atoms with Crippen molar-refractivity contribution in [2.75, 3.05) is 6.67 Å². The number of halogens is 4. The van der Waals surface area contributed by atoms with E-state index in [1.165, 1.54) is 69.5 Å². The largest absolute Gasteiger partial charge is 0.573 e. The van der Waals surface area contributed by atoms with Crippen molar-refractivity contribution in [2.24, 2.45) is 4.99 Å². The Morgan fingerprint density at radius 2 is 1.67 bits per heavy atom. The van der Waals surface area contributed by atoms with Crippen molar-refractivity contribution in [2.45, 2.75) is 34.1 Å². The number of alkyl halides is 3. The highest BCUT2D eigenvalue weighted by Crippen LogP contribution is 2.25. The lowest BCUT2D eigenvalue weighted by molar-refractivity contribution is -0.274. The lowest BCUT2D eigenvalue weighted by Crippen LogP contribution is -2.19. The van der Waals surface area contributed by atoms with Crippen LogP contribution in [0, 0.1) is 27.7 Å². The van der Waals surface area contributed by atoms with Crippen molar-refractivity contribution in [3.8, 4) is 28.5 Å². The van der Waals surface area contributed by atoms with Gasteiger partial charge in [0.05, 0.1) is 11.4 Å². The minimum atomic E-state index is -4.76. The molecule has 0 unspecified atom stereocenters. The summed E-state index contributed by atoms with van der Waals surface area (Å²) in [5.74, 6) is -0.410. The van der Waals surface area contributed by atoms with E-state index >= 15 is 0 Å². The van der Waals surface area contributed by atoms with Gasteiger partial charge in [0.2, 0.25) is 0 Å². The summed E-state index contributed by atoms with van der Waals surface area (Å²) in [7, 11) is 0. The van der Waals surface area contributed by atoms with Crippen molar-refractivity contribution >= 4 is 17.2 Å². The van der Waals surface area contributed by atoms with E-state index in [9.17, 15) is 17.6 Å². The highest BCUT2D eigenvalue weighted by atomic mass is 32.1. The molecule has 5 rings (SSSR count). The highest BCUT2D eigenvalue weighted by Gasteiger charge is 2.31. The van der Waals surface area contributed by atoms with Gasteiger partial charge in [-0.25, -0.2) is 19.0 Å². The molecule has 1 N–H and O–H groups in total. The predicted molar refractivity (Wildman–Crippen MR) is 159 cm³/mol. The van der Waals surface area contributed by atoms with Gasteiger partial charge in [-0.2, -0.15) is 0 Å². The first-order valence-electron chi connectivity index (χ1n) is 13.2. The van der Waals surface area contributed by atoms with Crippen LogP contribution in [0.2, 0.25) is 0 Å². The number of ether oxygens (including phenoxy) is 1. The molecule has 2 aromatic heterocycles. The van der Waals surface area contributed by atoms with Gasteiger partial charge in [0.1, 0.15) is 24.6 Å². The third-order valence-corrected chi connectivity index (χ3v) is 7.50. The molecule has 0 atom stereocenters. The van der Waals surface area contributed by atoms with Crippen molar-refractivity contribution in [1.29, 1.82) is 0 Å². The van der Waals surface area contributed by atoms with E-state index in [-0.39, 0.29) is 12.4 Å². The van der Waals surface area contributed by atoms with Crippen LogP contribution in [-0.2, 0) is 0 Å². The molecule has 0 saturated carbocycles. The molecular formula is C31H28F4N6OS. The van der Waals surface area contributed by atoms with Gasteiger partial charge in [-0.1, -0.05) is 42.0 Å². The van der Waals surface area contributed by atoms with E-state index in [1.54, 1.807) is 24.3 Å². The fourth-order valence-electron chi connectivity index (χ4n) is 4.73. The van der Waals surface area contributed by atoms with Crippen molar-refractivity contribution < 1.29 is 22.3 Å². The van der Waals surface area contributed by atoms with Crippen LogP contribution in [0.15, 0.2) is 83.6 Å². The van der Waals surface area contributed by atoms with Crippen LogP contribution in [0.5, 0.6) is 5.75 Å². The molecule has 43 heavy (non-hydrogen) atoms. The zero-order chi connectivity index (χ0) is 30.7. The molecule has 0 saturated heterocycles. The molecule has 0 amide bonds. The minimum absolute atomic E-state index is 0.195. The van der Waals surface area contributed by atoms with Crippen molar-refractivity contribution in [3.05, 3.63) is 111 Å². The second kappa shape index (κ2) is 12.3. The molecule has 0 aliphatic heterocycles. The molecule has 0 radical (unpaired) electrons. The average Bonchev–Trinajstić information content (AvgIpc) is 3.58. The van der Waals surface area contributed by atoms with E-state index in [1.807, 2.05) is 6.92 Å². The molecule has 222 valence electrons. The van der Waals surface area contributed by atoms with E-state index in [2.05, 4.69) is 68.0 Å². The maximum Gasteiger partial charge on any atom is 0.573 e. The summed E-state index contributed by atoms with van der Waals surface area (Å²) in [6.45, 7) is 8.49. The van der Waals surface area contributed by atoms with Gasteiger partial charge in [0.15, 0.2) is 10.6 Å². The number of nitrogens with zero attached hydrogens (tertiary/aromatic N) is 5. The Kier molecular flexibility index (Phi) is 8.49. The number of hydrogen-bond donors (Lipinski definition) is 1. The molecule has 2 heterocycles. The summed E-state index contributed by atoms with van der Waals surface area (Å²) in [6, 6.07) is 16.2. The zero-order valence-corrected chi connectivity index (χ0v) is 24.6. The van der Waals surface area contributed by atoms with E-state index < -0.39 is 12.2 Å². The van der Waals surface area contributed by atoms with E-state index in [0.717, 1.165) is 16.2 Å². The Balaban J connectivity index is 1.24. The Morgan fingerprint density at radius 3 is 2.33 bits per heavy atom. The van der Waals surface area contributed by atoms with E-state index in [0.29, 0.717) is 22.6 Å². The first-order valence-corrected chi connectivity index (χ1v) is 14.1. The number of thiazole rings is 1. The lowest BCUT2D eigenvalue weighted by Gasteiger charge is -2.14. The summed E-state index contributed by atoms with van der Waals surface area (Å²) in [5, 5.41) is 9.36. The first-order chi connectivity index (χ1) is 20.5. The van der Waals surface area contributed by atoms with Gasteiger partial charge in [-0.05, 0) is 63.1 Å². The maximum absolute atomic E-state index is 14.9. The fourth-order valence-corrected chi connectivity index (χ4v) is 5.59. The van der Waals surface area contributed by atoms with E-state index in [4.69, 9.17) is 0 Å². The monoisotopic (exact) mass is 608 g/mol. The Labute approximate surface area is 249 Å². The summed E-state index contributed by atoms with van der Waals surface area (Å²) >= 11 is 1.53. The molecule has 5 aromatic rings. The maximum atomic E-state index is 14.9. The van der Waals surface area contributed by atoms with Crippen molar-refractivity contribution in [1.82, 2.24) is 24.6 Å². The quantitative estimate of drug-likeness (QED) is 0.148. The van der Waals surface area contributed by atoms with Crippen molar-refractivity contribution in [3.63, 3.8) is 0 Å². The summed E-state index contributed by atoms with van der Waals surface area (Å²) in [5.41, 5.74) is 7.24. The third kappa shape index (κ3) is 7.03. The second-order valence-electron chi connectivity index (χ2n) is 9.89. The molecular weight excluding hydrogens is 580 g/mol. The Morgan fingerprint density at radius 1 is 1.00 bits per heavy atom. The highest BCUT2D eigenvalue weighted by molar-refractivity contribution is 7.07. The van der Waals surface area contributed by atoms with Crippen LogP contribution in [-0.4, -0.2) is 32.4 Å². The van der Waals surface area contributed by atoms with Crippen LogP contribution < -0.4 is 14.9 Å². The number of hydrogen-bond acceptors (Lipinski definition) is 6. The lowest BCUT2D eigenvalue weighted by atomic mass is 10.0. The zero-order valence-electron chi connectivity index (χ0n) is 23.8. The van der Waals surface area contributed by atoms with Gasteiger partial charge >= 0.3 is 6.36 Å². The third-order valence-electron chi connectivity index (χ3n) is 6.52. The molecule has 0 spiro atoms. The molecule has 0 aliphatic rings. The summed E-state index contributed by atoms with van der Waals surface area (Å²) in [4.78, 5) is 9.73. The normalized spacial score (nSPS) is 12.6. The summed E-state index contributed by atoms with van der Waals surface area (Å²) in [6.07, 6.45) is -2.04. The smallest absolute Gasteiger partial charge is 0.406 e. The number of rotatable bonds is 8. The SMILES string of the molecule is Cc1cc(C)c(-n2c(C)cs/c2=N\CN/C=C(\F)c2ccc(-c3ncn(-c4ccc(OC(F)(F)F)cc4)n3)cc2)c(C)c1. The van der Waals surface area contributed by atoms with Crippen LogP contribution >= 0.6 is 11.3 Å². The molecule has 7 nitrogen and oxygen atoms in total. The topological polar surface area (TPSA) is 69.3 Å². The molecule has 0 aliphatic carbocycles. The van der Waals surface area contributed by atoms with Crippen LogP contribution in [0.4, 0.5) is 17.6 Å². The van der Waals surface area contributed by atoms with Crippen LogP contribution in [0.25, 0.3) is 28.6 Å². The molecule has 0 bridgehead atoms. The number of aryl methyl sites for hydroxylation is 4. The fraction of sp³-hybridized carbons (Fsp3) is 0.194. The van der Waals surface area contributed by atoms with Gasteiger partial charge in [-0.3, -0.25) is 4.57 Å². The standard InChI is InChI=1S/C31H28F4N6OS/c1-19-13-20(2)28(21(3)14-19)41-22(4)16-43-30(41)37-17-36-15-27(32)23-5-7-24(8-6-23)29-38-18-40(39-29)25-9-11-26(12-10-25)42-31(33,34)35/h5-16,18,36H,17H2,1-4H3/b27-15-,37-30-. The van der Waals surface area contributed by atoms with Gasteiger partial charge in [-0.15, -0.1) is 29.6 Å². The first kappa shape index (κ1) is 29.8. The Bertz CT molecular complexity index is 1810. The average molecular weight is 609 g/mol. The molecule has 0 fully saturated rings. The second-order valence-corrected chi connectivity index (χ2v) is 10.7. The predicted octanol–water partition coefficient (Wildman–Crippen LogP) is 7.33. The van der Waals surface area contributed by atoms with Gasteiger partial charge in [0.25, 0.3) is 0 Å². The number of nitrogens with one attached hydrogen (secondary N) is 1. The number of benzene rings is 3. The summed E-state index contributed by atoms with van der Waals surface area (Å²) < 4.78 is 59.5. The molecule has 12 heteroatoms. The Hall–Kier alpha value is -4.71. The van der Waals surface area contributed by atoms with Crippen LogP contribution in [0.1, 0.15) is 27.9 Å². The minimum Gasteiger partial charge on any atom is -0.406 e. The van der Waals surface area contributed by atoms with Gasteiger partial charge < -0.3 is 10.1 Å². The number of aromatic nitrogens is 4. The van der Waals surface area contributed by atoms with Gasteiger partial charge in [0, 0.05) is 28.4 Å². The van der Waals surface area contributed by atoms with Crippen LogP contribution in [0.3, 0.4) is 0 Å².